The zero-order chi connectivity index (χ0) is 19.8. The van der Waals surface area contributed by atoms with Gasteiger partial charge in [-0.25, -0.2) is 9.59 Å². The van der Waals surface area contributed by atoms with E-state index in [0.717, 1.165) is 23.9 Å². The molecule has 2 rings (SSSR count). The highest BCUT2D eigenvalue weighted by molar-refractivity contribution is 8.14. The Morgan fingerprint density at radius 1 is 1.41 bits per heavy atom. The highest BCUT2D eigenvalue weighted by Crippen LogP contribution is 2.23. The van der Waals surface area contributed by atoms with Gasteiger partial charge in [0.05, 0.1) is 31.4 Å². The van der Waals surface area contributed by atoms with Gasteiger partial charge >= 0.3 is 12.0 Å². The lowest BCUT2D eigenvalue weighted by atomic mass is 10.2. The van der Waals surface area contributed by atoms with Crippen molar-refractivity contribution in [1.82, 2.24) is 15.1 Å². The average molecular weight is 401 g/mol. The number of nitrogens with zero attached hydrogens (tertiary/aromatic N) is 3. The van der Waals surface area contributed by atoms with Gasteiger partial charge in [-0.1, -0.05) is 13.8 Å². The Labute approximate surface area is 166 Å². The van der Waals surface area contributed by atoms with E-state index in [1.807, 2.05) is 0 Å². The van der Waals surface area contributed by atoms with Crippen molar-refractivity contribution in [3.63, 3.8) is 0 Å². The Bertz CT molecular complexity index is 537. The number of ether oxygens (including phenoxy) is 2. The van der Waals surface area contributed by atoms with Gasteiger partial charge in [-0.2, -0.15) is 0 Å². The fourth-order valence-electron chi connectivity index (χ4n) is 3.03. The van der Waals surface area contributed by atoms with Crippen molar-refractivity contribution in [1.29, 1.82) is 0 Å². The summed E-state index contributed by atoms with van der Waals surface area (Å²) < 4.78 is 10.2. The van der Waals surface area contributed by atoms with Gasteiger partial charge in [-0.05, 0) is 6.42 Å². The second kappa shape index (κ2) is 10.9. The normalized spacial score (nSPS) is 21.7. The smallest absolute Gasteiger partial charge is 0.328 e. The summed E-state index contributed by atoms with van der Waals surface area (Å²) in [6.07, 6.45) is 0.515. The van der Waals surface area contributed by atoms with Crippen molar-refractivity contribution in [2.45, 2.75) is 32.4 Å². The fourth-order valence-corrected chi connectivity index (χ4v) is 4.13. The van der Waals surface area contributed by atoms with E-state index in [4.69, 9.17) is 9.47 Å². The van der Waals surface area contributed by atoms with Crippen molar-refractivity contribution in [3.05, 3.63) is 0 Å². The van der Waals surface area contributed by atoms with E-state index in [1.54, 1.807) is 23.7 Å². The summed E-state index contributed by atoms with van der Waals surface area (Å²) in [5, 5.41) is 3.96. The highest BCUT2D eigenvalue weighted by Gasteiger charge is 2.27. The second-order valence-corrected chi connectivity index (χ2v) is 8.28. The molecule has 8 nitrogen and oxygen atoms in total. The third-order valence-electron chi connectivity index (χ3n) is 4.68. The molecule has 1 N–H and O–H groups in total. The third-order valence-corrected chi connectivity index (χ3v) is 6.10. The molecule has 2 amide bonds. The number of methoxy groups -OCH3 is 1. The lowest BCUT2D eigenvalue weighted by Crippen LogP contribution is -2.50. The van der Waals surface area contributed by atoms with Crippen molar-refractivity contribution in [3.8, 4) is 0 Å². The Hall–Kier alpha value is -1.32. The van der Waals surface area contributed by atoms with Crippen LogP contribution in [0.5, 0.6) is 0 Å². The van der Waals surface area contributed by atoms with Crippen molar-refractivity contribution in [2.24, 2.45) is 10.9 Å². The van der Waals surface area contributed by atoms with E-state index < -0.39 is 12.0 Å². The molecule has 27 heavy (non-hydrogen) atoms. The third kappa shape index (κ3) is 6.97. The van der Waals surface area contributed by atoms with E-state index in [2.05, 4.69) is 29.1 Å². The summed E-state index contributed by atoms with van der Waals surface area (Å²) in [5.41, 5.74) is 0. The molecule has 154 valence electrons. The van der Waals surface area contributed by atoms with Gasteiger partial charge in [0.2, 0.25) is 0 Å². The number of esters is 1. The summed E-state index contributed by atoms with van der Waals surface area (Å²) in [6, 6.07) is -0.820. The van der Waals surface area contributed by atoms with Crippen LogP contribution in [0.2, 0.25) is 0 Å². The van der Waals surface area contributed by atoms with Crippen LogP contribution >= 0.6 is 11.8 Å². The van der Waals surface area contributed by atoms with Gasteiger partial charge in [0.15, 0.2) is 0 Å². The zero-order valence-corrected chi connectivity index (χ0v) is 17.6. The molecular formula is C18H32N4O4S. The van der Waals surface area contributed by atoms with E-state index in [0.29, 0.717) is 38.6 Å². The molecule has 0 aromatic carbocycles. The van der Waals surface area contributed by atoms with Crippen LogP contribution < -0.4 is 5.32 Å². The maximum Gasteiger partial charge on any atom is 0.328 e. The minimum absolute atomic E-state index is 0.105. The second-order valence-electron chi connectivity index (χ2n) is 7.24. The number of amides is 2. The maximum atomic E-state index is 12.5. The number of carbonyl (C=O) groups excluding carboxylic acids is 2. The lowest BCUT2D eigenvalue weighted by molar-refractivity contribution is -0.143. The van der Waals surface area contributed by atoms with Gasteiger partial charge in [0.25, 0.3) is 0 Å². The van der Waals surface area contributed by atoms with Gasteiger partial charge in [0.1, 0.15) is 6.04 Å². The van der Waals surface area contributed by atoms with Crippen LogP contribution in [0.4, 0.5) is 4.79 Å². The molecule has 0 aromatic rings. The SMILES string of the molecule is COC(=O)[C@H](CCN1CCOCC1)NC(=O)N(C)CC1CSC(C(C)C)=N1. The van der Waals surface area contributed by atoms with Crippen LogP contribution in [0, 0.1) is 5.92 Å². The molecule has 0 spiro atoms. The Kier molecular flexibility index (Phi) is 8.85. The molecular weight excluding hydrogens is 368 g/mol. The van der Waals surface area contributed by atoms with E-state index in [1.165, 1.54) is 7.11 Å². The fraction of sp³-hybridized carbons (Fsp3) is 0.833. The molecule has 2 aliphatic heterocycles. The number of likely N-dealkylation sites (N-methyl/N-ethyl adjacent to an activating group) is 1. The van der Waals surface area contributed by atoms with Crippen molar-refractivity contribution < 1.29 is 19.1 Å². The molecule has 2 atom stereocenters. The van der Waals surface area contributed by atoms with Crippen LogP contribution in [0.3, 0.4) is 0 Å². The lowest BCUT2D eigenvalue weighted by Gasteiger charge is -2.28. The first-order valence-electron chi connectivity index (χ1n) is 9.50. The Morgan fingerprint density at radius 3 is 2.70 bits per heavy atom. The summed E-state index contributed by atoms with van der Waals surface area (Å²) in [7, 11) is 3.08. The molecule has 2 aliphatic rings. The summed E-state index contributed by atoms with van der Waals surface area (Å²) in [4.78, 5) is 33.1. The van der Waals surface area contributed by atoms with Gasteiger partial charge in [-0.15, -0.1) is 11.8 Å². The van der Waals surface area contributed by atoms with Crippen LogP contribution in [-0.4, -0.2) is 98.2 Å². The number of morpholine rings is 1. The molecule has 1 fully saturated rings. The van der Waals surface area contributed by atoms with Crippen LogP contribution in [0.15, 0.2) is 4.99 Å². The van der Waals surface area contributed by atoms with Gasteiger partial charge < -0.3 is 19.7 Å². The first kappa shape index (κ1) is 22.0. The van der Waals surface area contributed by atoms with E-state index in [-0.39, 0.29) is 12.1 Å². The Balaban J connectivity index is 1.83. The van der Waals surface area contributed by atoms with Gasteiger partial charge in [0, 0.05) is 44.9 Å². The molecule has 0 bridgehead atoms. The molecule has 1 saturated heterocycles. The van der Waals surface area contributed by atoms with Gasteiger partial charge in [-0.3, -0.25) is 9.89 Å². The predicted molar refractivity (Wildman–Crippen MR) is 107 cm³/mol. The quantitative estimate of drug-likeness (QED) is 0.614. The average Bonchev–Trinajstić information content (AvgIpc) is 3.13. The first-order chi connectivity index (χ1) is 12.9. The van der Waals surface area contributed by atoms with Crippen LogP contribution in [-0.2, 0) is 14.3 Å². The summed E-state index contributed by atoms with van der Waals surface area (Å²) in [6.45, 7) is 8.60. The van der Waals surface area contributed by atoms with E-state index in [9.17, 15) is 9.59 Å². The minimum atomic E-state index is -0.652. The first-order valence-corrected chi connectivity index (χ1v) is 10.5. The van der Waals surface area contributed by atoms with Crippen LogP contribution in [0.25, 0.3) is 0 Å². The van der Waals surface area contributed by atoms with E-state index >= 15 is 0 Å². The molecule has 2 heterocycles. The van der Waals surface area contributed by atoms with Crippen molar-refractivity contribution >= 4 is 28.8 Å². The number of nitrogens with one attached hydrogen (secondary N) is 1. The van der Waals surface area contributed by atoms with Crippen LogP contribution in [0.1, 0.15) is 20.3 Å². The predicted octanol–water partition coefficient (Wildman–Crippen LogP) is 1.06. The molecule has 1 unspecified atom stereocenters. The summed E-state index contributed by atoms with van der Waals surface area (Å²) >= 11 is 1.76. The highest BCUT2D eigenvalue weighted by atomic mass is 32.2. The Morgan fingerprint density at radius 2 is 2.11 bits per heavy atom. The topological polar surface area (TPSA) is 83.5 Å². The number of urea groups is 1. The molecule has 0 saturated carbocycles. The number of carbonyl (C=O) groups is 2. The maximum absolute atomic E-state index is 12.5. The number of thioether (sulfide) groups is 1. The number of hydrogen-bond acceptors (Lipinski definition) is 7. The monoisotopic (exact) mass is 400 g/mol. The minimum Gasteiger partial charge on any atom is -0.467 e. The molecule has 0 radical (unpaired) electrons. The standard InChI is InChI=1S/C18H32N4O4S/c1-13(2)16-19-14(12-27-16)11-21(3)18(24)20-15(17(23)25-4)5-6-22-7-9-26-10-8-22/h13-15H,5-12H2,1-4H3,(H,20,24)/t14?,15-/m0/s1. The number of aliphatic imine (C=N–C) groups is 1. The summed E-state index contributed by atoms with van der Waals surface area (Å²) in [5.74, 6) is 0.896. The number of hydrogen-bond donors (Lipinski definition) is 1. The molecule has 0 aliphatic carbocycles. The number of rotatable bonds is 8. The zero-order valence-electron chi connectivity index (χ0n) is 16.8. The molecule has 9 heteroatoms. The van der Waals surface area contributed by atoms with Crippen molar-refractivity contribution in [2.75, 3.05) is 59.3 Å². The largest absolute Gasteiger partial charge is 0.467 e. The molecule has 0 aromatic heterocycles.